The van der Waals surface area contributed by atoms with Crippen molar-refractivity contribution in [3.8, 4) is 0 Å². The first-order valence-corrected chi connectivity index (χ1v) is 14.6. The van der Waals surface area contributed by atoms with Crippen LogP contribution < -0.4 is 10.6 Å². The molecule has 39 heavy (non-hydrogen) atoms. The van der Waals surface area contributed by atoms with E-state index >= 15 is 0 Å². The van der Waals surface area contributed by atoms with Crippen molar-refractivity contribution in [2.45, 2.75) is 59.3 Å². The van der Waals surface area contributed by atoms with Crippen LogP contribution in [0.25, 0.3) is 0 Å². The predicted octanol–water partition coefficient (Wildman–Crippen LogP) is 3.21. The van der Waals surface area contributed by atoms with Gasteiger partial charge in [-0.25, -0.2) is 8.78 Å². The van der Waals surface area contributed by atoms with Gasteiger partial charge in [0.25, 0.3) is 5.92 Å². The molecule has 234 valence electrons. The minimum absolute atomic E-state index is 0.0208. The monoisotopic (exact) mass is 569 g/mol. The summed E-state index contributed by atoms with van der Waals surface area (Å²) in [6.45, 7) is 14.5. The van der Waals surface area contributed by atoms with Gasteiger partial charge >= 0.3 is 0 Å². The van der Waals surface area contributed by atoms with Crippen molar-refractivity contribution >= 4 is 5.91 Å². The fourth-order valence-electron chi connectivity index (χ4n) is 3.62. The summed E-state index contributed by atoms with van der Waals surface area (Å²) in [5, 5.41) is 6.10. The van der Waals surface area contributed by atoms with Crippen LogP contribution in [0.1, 0.15) is 53.4 Å². The molecule has 0 aromatic heterocycles. The van der Waals surface area contributed by atoms with E-state index < -0.39 is 12.5 Å². The van der Waals surface area contributed by atoms with Crippen LogP contribution in [0.2, 0.25) is 0 Å². The number of hydrogen-bond acceptors (Lipinski definition) is 8. The van der Waals surface area contributed by atoms with Gasteiger partial charge in [-0.1, -0.05) is 27.7 Å². The maximum absolute atomic E-state index is 13.8. The Kier molecular flexibility index (Phi) is 25.3. The predicted molar refractivity (Wildman–Crippen MR) is 151 cm³/mol. The summed E-state index contributed by atoms with van der Waals surface area (Å²) in [6.07, 6.45) is 3.32. The first kappa shape index (κ1) is 38.0. The zero-order chi connectivity index (χ0) is 29.2. The number of amides is 1. The van der Waals surface area contributed by atoms with Gasteiger partial charge in [-0.2, -0.15) is 0 Å². The molecule has 2 unspecified atom stereocenters. The molecule has 0 fully saturated rings. The lowest BCUT2D eigenvalue weighted by molar-refractivity contribution is -0.125. The Morgan fingerprint density at radius 1 is 0.795 bits per heavy atom. The van der Waals surface area contributed by atoms with E-state index in [1.54, 1.807) is 11.9 Å². The Morgan fingerprint density at radius 2 is 1.36 bits per heavy atom. The second-order valence-corrected chi connectivity index (χ2v) is 10.1. The normalized spacial score (nSPS) is 13.6. The largest absolute Gasteiger partial charge is 0.378 e. The Hall–Kier alpha value is -0.950. The number of likely N-dealkylation sites (N-methyl/N-ethyl adjacent to an activating group) is 1. The van der Waals surface area contributed by atoms with E-state index in [9.17, 15) is 13.6 Å². The van der Waals surface area contributed by atoms with Crippen LogP contribution in [-0.4, -0.2) is 123 Å². The average molecular weight is 570 g/mol. The highest BCUT2D eigenvalue weighted by Gasteiger charge is 2.30. The number of carbonyl (C=O) groups excluding carboxylic acids is 1. The lowest BCUT2D eigenvalue weighted by Crippen LogP contribution is -2.38. The van der Waals surface area contributed by atoms with Crippen molar-refractivity contribution in [3.63, 3.8) is 0 Å². The molecule has 0 saturated carbocycles. The van der Waals surface area contributed by atoms with Crippen LogP contribution in [0.5, 0.6) is 0 Å². The van der Waals surface area contributed by atoms with Crippen LogP contribution >= 0.6 is 0 Å². The number of alkyl halides is 2. The van der Waals surface area contributed by atoms with Crippen LogP contribution in [-0.2, 0) is 28.5 Å². The van der Waals surface area contributed by atoms with E-state index in [1.807, 2.05) is 13.8 Å². The number of carbonyl (C=O) groups is 1. The Morgan fingerprint density at radius 3 is 1.92 bits per heavy atom. The number of ether oxygens (including phenoxy) is 5. The molecule has 0 radical (unpaired) electrons. The summed E-state index contributed by atoms with van der Waals surface area (Å²) >= 11 is 0. The minimum atomic E-state index is -2.82. The quantitative estimate of drug-likeness (QED) is 0.133. The van der Waals surface area contributed by atoms with Crippen LogP contribution in [0, 0.1) is 11.8 Å². The number of nitrogens with zero attached hydrogens (tertiary/aromatic N) is 1. The van der Waals surface area contributed by atoms with Gasteiger partial charge in [-0.15, -0.1) is 0 Å². The van der Waals surface area contributed by atoms with Crippen molar-refractivity contribution in [1.82, 2.24) is 15.5 Å². The van der Waals surface area contributed by atoms with Crippen LogP contribution in [0.4, 0.5) is 8.78 Å². The van der Waals surface area contributed by atoms with Gasteiger partial charge in [0.05, 0.1) is 59.4 Å². The third-order valence-corrected chi connectivity index (χ3v) is 6.21. The molecule has 0 saturated heterocycles. The number of nitrogens with one attached hydrogen (secondary N) is 2. The topological polar surface area (TPSA) is 90.5 Å². The number of rotatable bonds is 29. The summed E-state index contributed by atoms with van der Waals surface area (Å²) < 4.78 is 54.6. The molecule has 2 N–H and O–H groups in total. The maximum Gasteiger partial charge on any atom is 0.283 e. The van der Waals surface area contributed by atoms with Gasteiger partial charge in [0.2, 0.25) is 5.91 Å². The Balaban J connectivity index is 3.55. The van der Waals surface area contributed by atoms with Gasteiger partial charge in [0, 0.05) is 25.6 Å². The second kappa shape index (κ2) is 26.0. The van der Waals surface area contributed by atoms with Gasteiger partial charge in [0.1, 0.15) is 6.61 Å². The second-order valence-electron chi connectivity index (χ2n) is 10.1. The fourth-order valence-corrected chi connectivity index (χ4v) is 3.62. The standard InChI is InChI=1S/C28H57F2N3O6/c1-6-31-12-15-35-17-19-37-21-22-38-20-18-36-16-13-32-27(34)26(4)11-10-25(3)9-8-14-39-24-28(29,30)23-33(5)7-2/h25-26,31H,6-24H2,1-5H3,(H,32,34). The number of halogens is 2. The maximum atomic E-state index is 13.8. The molecule has 0 heterocycles. The molecule has 0 bridgehead atoms. The van der Waals surface area contributed by atoms with Crippen molar-refractivity contribution in [1.29, 1.82) is 0 Å². The first-order chi connectivity index (χ1) is 18.7. The van der Waals surface area contributed by atoms with E-state index in [2.05, 4.69) is 24.5 Å². The molecule has 0 aliphatic heterocycles. The summed E-state index contributed by atoms with van der Waals surface area (Å²) in [5.41, 5.74) is 0. The molecule has 11 heteroatoms. The third kappa shape index (κ3) is 25.7. The summed E-state index contributed by atoms with van der Waals surface area (Å²) in [5.74, 6) is -2.48. The van der Waals surface area contributed by atoms with Crippen molar-refractivity contribution < 1.29 is 37.3 Å². The SMILES string of the molecule is CCNCCOCCOCCOCCOCCNC(=O)C(C)CCC(C)CCCOCC(F)(F)CN(C)CC. The summed E-state index contributed by atoms with van der Waals surface area (Å²) in [7, 11) is 1.67. The molecule has 2 atom stereocenters. The molecule has 0 aliphatic carbocycles. The minimum Gasteiger partial charge on any atom is -0.378 e. The van der Waals surface area contributed by atoms with E-state index in [0.717, 1.165) is 38.8 Å². The van der Waals surface area contributed by atoms with Crippen molar-refractivity contribution in [2.75, 3.05) is 106 Å². The lowest BCUT2D eigenvalue weighted by Gasteiger charge is -2.22. The molecule has 0 aliphatic rings. The van der Waals surface area contributed by atoms with Gasteiger partial charge in [-0.05, 0) is 51.7 Å². The van der Waals surface area contributed by atoms with Crippen LogP contribution in [0.3, 0.4) is 0 Å². The van der Waals surface area contributed by atoms with Gasteiger partial charge in [0.15, 0.2) is 0 Å². The average Bonchev–Trinajstić information content (AvgIpc) is 2.90. The molecule has 0 aromatic rings. The van der Waals surface area contributed by atoms with E-state index in [4.69, 9.17) is 23.7 Å². The first-order valence-electron chi connectivity index (χ1n) is 14.6. The number of hydrogen-bond donors (Lipinski definition) is 2. The zero-order valence-corrected chi connectivity index (χ0v) is 25.2. The highest BCUT2D eigenvalue weighted by Crippen LogP contribution is 2.18. The molecule has 1 amide bonds. The molecular weight excluding hydrogens is 512 g/mol. The van der Waals surface area contributed by atoms with Crippen LogP contribution in [0.15, 0.2) is 0 Å². The summed E-state index contributed by atoms with van der Waals surface area (Å²) in [4.78, 5) is 13.9. The third-order valence-electron chi connectivity index (χ3n) is 6.21. The molecule has 0 aromatic carbocycles. The smallest absolute Gasteiger partial charge is 0.283 e. The molecular formula is C28H57F2N3O6. The van der Waals surface area contributed by atoms with Gasteiger partial charge in [-0.3, -0.25) is 4.79 Å². The highest BCUT2D eigenvalue weighted by atomic mass is 19.3. The van der Waals surface area contributed by atoms with Crippen molar-refractivity contribution in [3.05, 3.63) is 0 Å². The molecule has 9 nitrogen and oxygen atoms in total. The van der Waals surface area contributed by atoms with Crippen molar-refractivity contribution in [2.24, 2.45) is 11.8 Å². The Labute approximate surface area is 236 Å². The Bertz CT molecular complexity index is 563. The molecule has 0 spiro atoms. The fraction of sp³-hybridized carbons (Fsp3) is 0.964. The van der Waals surface area contributed by atoms with E-state index in [-0.39, 0.29) is 18.4 Å². The van der Waals surface area contributed by atoms with E-state index in [1.165, 1.54) is 0 Å². The van der Waals surface area contributed by atoms with Gasteiger partial charge < -0.3 is 39.2 Å². The zero-order valence-electron chi connectivity index (χ0n) is 25.2. The summed E-state index contributed by atoms with van der Waals surface area (Å²) in [6, 6.07) is 0. The van der Waals surface area contributed by atoms with E-state index in [0.29, 0.717) is 78.5 Å². The lowest BCUT2D eigenvalue weighted by atomic mass is 9.94. The molecule has 0 rings (SSSR count). The highest BCUT2D eigenvalue weighted by molar-refractivity contribution is 5.78.